The van der Waals surface area contributed by atoms with E-state index in [9.17, 15) is 16.8 Å². The van der Waals surface area contributed by atoms with Gasteiger partial charge in [-0.2, -0.15) is 0 Å². The van der Waals surface area contributed by atoms with Crippen LogP contribution in [0.15, 0.2) is 23.1 Å². The van der Waals surface area contributed by atoms with Gasteiger partial charge in [-0.25, -0.2) is 26.3 Å². The number of nitrogens with two attached hydrogens (primary N) is 1. The molecule has 0 fully saturated rings. The highest BCUT2D eigenvalue weighted by Gasteiger charge is 2.19. The van der Waals surface area contributed by atoms with Crippen molar-refractivity contribution in [3.8, 4) is 5.75 Å². The molecule has 0 aliphatic rings. The van der Waals surface area contributed by atoms with Crippen LogP contribution in [0.2, 0.25) is 0 Å². The Kier molecular flexibility index (Phi) is 5.96. The van der Waals surface area contributed by atoms with Gasteiger partial charge in [-0.05, 0) is 24.6 Å². The number of anilines is 1. The molecule has 8 nitrogen and oxygen atoms in total. The van der Waals surface area contributed by atoms with Crippen molar-refractivity contribution < 1.29 is 21.6 Å². The van der Waals surface area contributed by atoms with Crippen molar-refractivity contribution >= 4 is 25.7 Å². The topological polar surface area (TPSA) is 128 Å². The molecule has 4 N–H and O–H groups in total. The molecule has 0 bridgehead atoms. The van der Waals surface area contributed by atoms with Crippen LogP contribution in [-0.2, 0) is 20.0 Å². The Morgan fingerprint density at radius 2 is 1.76 bits per heavy atom. The van der Waals surface area contributed by atoms with Crippen LogP contribution in [0.1, 0.15) is 6.42 Å². The van der Waals surface area contributed by atoms with Crippen molar-refractivity contribution in [1.82, 2.24) is 9.44 Å². The third-order valence-corrected chi connectivity index (χ3v) is 4.70. The van der Waals surface area contributed by atoms with Crippen molar-refractivity contribution in [2.24, 2.45) is 0 Å². The Hall–Kier alpha value is -1.36. The Morgan fingerprint density at radius 3 is 2.33 bits per heavy atom. The summed E-state index contributed by atoms with van der Waals surface area (Å²) in [6.45, 7) is 0.234. The SMILES string of the molecule is COc1ccc(N)cc1S(=O)(=O)NCCCNS(C)(=O)=O. The quantitative estimate of drug-likeness (QED) is 0.433. The van der Waals surface area contributed by atoms with E-state index in [4.69, 9.17) is 10.5 Å². The molecule has 120 valence electrons. The summed E-state index contributed by atoms with van der Waals surface area (Å²) in [4.78, 5) is -0.0546. The highest BCUT2D eigenvalue weighted by molar-refractivity contribution is 7.89. The minimum atomic E-state index is -3.77. The first kappa shape index (κ1) is 17.7. The molecule has 0 aromatic heterocycles. The van der Waals surface area contributed by atoms with E-state index in [1.54, 1.807) is 0 Å². The van der Waals surface area contributed by atoms with Crippen LogP contribution in [0.3, 0.4) is 0 Å². The maximum absolute atomic E-state index is 12.1. The van der Waals surface area contributed by atoms with Crippen molar-refractivity contribution in [2.75, 3.05) is 32.2 Å². The van der Waals surface area contributed by atoms with E-state index in [1.807, 2.05) is 0 Å². The molecule has 0 spiro atoms. The first-order chi connectivity index (χ1) is 9.65. The molecule has 0 heterocycles. The largest absolute Gasteiger partial charge is 0.495 e. The number of hydrogen-bond donors (Lipinski definition) is 3. The van der Waals surface area contributed by atoms with E-state index in [-0.39, 0.29) is 23.7 Å². The van der Waals surface area contributed by atoms with Crippen LogP contribution in [0.4, 0.5) is 5.69 Å². The third kappa shape index (κ3) is 5.87. The number of methoxy groups -OCH3 is 1. The zero-order valence-corrected chi connectivity index (χ0v) is 13.4. The summed E-state index contributed by atoms with van der Waals surface area (Å²) in [6, 6.07) is 4.30. The fourth-order valence-corrected chi connectivity index (χ4v) is 3.32. The number of sulfonamides is 2. The minimum Gasteiger partial charge on any atom is -0.495 e. The van der Waals surface area contributed by atoms with E-state index in [2.05, 4.69) is 9.44 Å². The number of rotatable bonds is 8. The summed E-state index contributed by atoms with van der Waals surface area (Å²) in [5.41, 5.74) is 5.88. The van der Waals surface area contributed by atoms with Crippen molar-refractivity contribution in [2.45, 2.75) is 11.3 Å². The number of benzene rings is 1. The first-order valence-electron chi connectivity index (χ1n) is 6.03. The molecule has 0 aliphatic heterocycles. The zero-order valence-electron chi connectivity index (χ0n) is 11.8. The monoisotopic (exact) mass is 337 g/mol. The molecule has 21 heavy (non-hydrogen) atoms. The Bertz CT molecular complexity index is 686. The summed E-state index contributed by atoms with van der Waals surface area (Å²) in [5, 5.41) is 0. The fourth-order valence-electron chi connectivity index (χ4n) is 1.53. The molecular weight excluding hydrogens is 318 g/mol. The van der Waals surface area contributed by atoms with Crippen molar-refractivity contribution in [3.05, 3.63) is 18.2 Å². The van der Waals surface area contributed by atoms with Crippen LogP contribution in [0, 0.1) is 0 Å². The second-order valence-corrected chi connectivity index (χ2v) is 7.90. The van der Waals surface area contributed by atoms with E-state index in [0.717, 1.165) is 6.26 Å². The lowest BCUT2D eigenvalue weighted by atomic mass is 10.3. The molecule has 0 saturated heterocycles. The molecular formula is C11H19N3O5S2. The van der Waals surface area contributed by atoms with Crippen LogP contribution >= 0.6 is 0 Å². The number of nitrogens with one attached hydrogen (secondary N) is 2. The maximum atomic E-state index is 12.1. The van der Waals surface area contributed by atoms with Gasteiger partial charge in [0.15, 0.2) is 0 Å². The van der Waals surface area contributed by atoms with Crippen molar-refractivity contribution in [1.29, 1.82) is 0 Å². The van der Waals surface area contributed by atoms with Gasteiger partial charge in [-0.1, -0.05) is 0 Å². The molecule has 10 heteroatoms. The second-order valence-electron chi connectivity index (χ2n) is 4.33. The summed E-state index contributed by atoms with van der Waals surface area (Å²) >= 11 is 0. The number of nitrogen functional groups attached to an aromatic ring is 1. The van der Waals surface area contributed by atoms with Crippen LogP contribution in [-0.4, -0.2) is 43.3 Å². The number of hydrogen-bond acceptors (Lipinski definition) is 6. The molecule has 0 radical (unpaired) electrons. The minimum absolute atomic E-state index is 0.0546. The molecule has 0 atom stereocenters. The van der Waals surface area contributed by atoms with Crippen LogP contribution in [0.5, 0.6) is 5.75 Å². The standard InChI is InChI=1S/C11H19N3O5S2/c1-19-10-5-4-9(12)8-11(10)21(17,18)14-7-3-6-13-20(2,15)16/h4-5,8,13-14H,3,6-7,12H2,1-2H3. The van der Waals surface area contributed by atoms with Gasteiger partial charge >= 0.3 is 0 Å². The third-order valence-electron chi connectivity index (χ3n) is 2.49. The summed E-state index contributed by atoms with van der Waals surface area (Å²) in [7, 11) is -5.68. The van der Waals surface area contributed by atoms with Gasteiger partial charge in [0.2, 0.25) is 20.0 Å². The van der Waals surface area contributed by atoms with Crippen molar-refractivity contribution in [3.63, 3.8) is 0 Å². The van der Waals surface area contributed by atoms with Gasteiger partial charge in [0.05, 0.1) is 13.4 Å². The second kappa shape index (κ2) is 7.07. The zero-order chi connectivity index (χ0) is 16.1. The lowest BCUT2D eigenvalue weighted by Gasteiger charge is -2.11. The van der Waals surface area contributed by atoms with E-state index >= 15 is 0 Å². The van der Waals surface area contributed by atoms with E-state index < -0.39 is 20.0 Å². The van der Waals surface area contributed by atoms with E-state index in [0.29, 0.717) is 12.1 Å². The lowest BCUT2D eigenvalue weighted by Crippen LogP contribution is -2.29. The van der Waals surface area contributed by atoms with Crippen LogP contribution < -0.4 is 19.9 Å². The predicted octanol–water partition coefficient (Wildman–Crippen LogP) is -0.505. The highest BCUT2D eigenvalue weighted by Crippen LogP contribution is 2.25. The van der Waals surface area contributed by atoms with Crippen LogP contribution in [0.25, 0.3) is 0 Å². The lowest BCUT2D eigenvalue weighted by molar-refractivity contribution is 0.402. The Morgan fingerprint density at radius 1 is 1.14 bits per heavy atom. The van der Waals surface area contributed by atoms with E-state index in [1.165, 1.54) is 25.3 Å². The fraction of sp³-hybridized carbons (Fsp3) is 0.455. The smallest absolute Gasteiger partial charge is 0.244 e. The molecule has 1 rings (SSSR count). The molecule has 0 saturated carbocycles. The van der Waals surface area contributed by atoms with Gasteiger partial charge in [-0.3, -0.25) is 0 Å². The summed E-state index contributed by atoms with van der Waals surface area (Å²) < 4.78 is 55.6. The molecule has 1 aromatic rings. The van der Waals surface area contributed by atoms with Gasteiger partial charge in [0.1, 0.15) is 10.6 Å². The van der Waals surface area contributed by atoms with Gasteiger partial charge in [0, 0.05) is 18.8 Å². The molecule has 0 unspecified atom stereocenters. The predicted molar refractivity (Wildman–Crippen MR) is 80.1 cm³/mol. The normalized spacial score (nSPS) is 12.3. The number of ether oxygens (including phenoxy) is 1. The summed E-state index contributed by atoms with van der Waals surface area (Å²) in [5.74, 6) is 0.186. The Labute approximate surface area is 124 Å². The average Bonchev–Trinajstić information content (AvgIpc) is 2.36. The van der Waals surface area contributed by atoms with Gasteiger partial charge in [0.25, 0.3) is 0 Å². The maximum Gasteiger partial charge on any atom is 0.244 e. The summed E-state index contributed by atoms with van der Waals surface area (Å²) in [6.07, 6.45) is 1.35. The van der Waals surface area contributed by atoms with Gasteiger partial charge in [-0.15, -0.1) is 0 Å². The molecule has 0 aliphatic carbocycles. The average molecular weight is 337 g/mol. The molecule has 0 amide bonds. The highest BCUT2D eigenvalue weighted by atomic mass is 32.2. The Balaban J connectivity index is 2.68. The van der Waals surface area contributed by atoms with Gasteiger partial charge < -0.3 is 10.5 Å². The molecule has 1 aromatic carbocycles. The first-order valence-corrected chi connectivity index (χ1v) is 9.41.